The van der Waals surface area contributed by atoms with Crippen molar-refractivity contribution in [3.05, 3.63) is 23.9 Å². The average molecular weight is 206 g/mol. The molecule has 0 unspecified atom stereocenters. The van der Waals surface area contributed by atoms with E-state index in [1.54, 1.807) is 11.0 Å². The predicted octanol–water partition coefficient (Wildman–Crippen LogP) is 2.16. The molecule has 0 spiro atoms. The van der Waals surface area contributed by atoms with Gasteiger partial charge in [0.25, 0.3) is 5.91 Å². The van der Waals surface area contributed by atoms with E-state index < -0.39 is 0 Å². The Bertz CT molecular complexity index is 327. The maximum absolute atomic E-state index is 11.9. The van der Waals surface area contributed by atoms with Crippen LogP contribution in [0.15, 0.2) is 28.9 Å². The number of hydrogen-bond acceptors (Lipinski definition) is 2. The zero-order chi connectivity index (χ0) is 11.4. The van der Waals surface area contributed by atoms with Crippen molar-refractivity contribution in [3.63, 3.8) is 0 Å². The van der Waals surface area contributed by atoms with Crippen LogP contribution in [-0.4, -0.2) is 29.6 Å². The van der Waals surface area contributed by atoms with Crippen molar-refractivity contribution in [3.8, 4) is 0 Å². The zero-order valence-electron chi connectivity index (χ0n) is 9.66. The van der Waals surface area contributed by atoms with Gasteiger partial charge in [-0.3, -0.25) is 9.79 Å². The summed E-state index contributed by atoms with van der Waals surface area (Å²) >= 11 is 0. The van der Waals surface area contributed by atoms with Gasteiger partial charge in [-0.15, -0.1) is 0 Å². The van der Waals surface area contributed by atoms with Crippen LogP contribution in [0.1, 0.15) is 27.2 Å². The van der Waals surface area contributed by atoms with E-state index in [0.717, 1.165) is 12.1 Å². The second-order valence-corrected chi connectivity index (χ2v) is 3.81. The van der Waals surface area contributed by atoms with Gasteiger partial charge >= 0.3 is 0 Å². The number of carbonyl (C=O) groups excluding carboxylic acids is 1. The Labute approximate surface area is 91.2 Å². The van der Waals surface area contributed by atoms with Crippen molar-refractivity contribution in [2.24, 2.45) is 4.99 Å². The van der Waals surface area contributed by atoms with Crippen molar-refractivity contribution < 1.29 is 4.79 Å². The van der Waals surface area contributed by atoms with Crippen LogP contribution in [-0.2, 0) is 4.79 Å². The molecule has 1 rings (SSSR count). The third kappa shape index (κ3) is 2.35. The molecule has 0 radical (unpaired) electrons. The van der Waals surface area contributed by atoms with Gasteiger partial charge < -0.3 is 4.90 Å². The van der Waals surface area contributed by atoms with E-state index in [-0.39, 0.29) is 11.9 Å². The summed E-state index contributed by atoms with van der Waals surface area (Å²) in [6, 6.07) is 0.210. The Kier molecular flexibility index (Phi) is 3.83. The highest BCUT2D eigenvalue weighted by atomic mass is 16.2. The molecule has 1 amide bonds. The van der Waals surface area contributed by atoms with E-state index in [2.05, 4.69) is 11.6 Å². The highest BCUT2D eigenvalue weighted by Gasteiger charge is 2.29. The normalized spacial score (nSPS) is 17.3. The summed E-state index contributed by atoms with van der Waals surface area (Å²) in [6.07, 6.45) is 4.31. The quantitative estimate of drug-likeness (QED) is 0.649. The molecule has 0 aliphatic carbocycles. The lowest BCUT2D eigenvalue weighted by Crippen LogP contribution is -2.33. The van der Waals surface area contributed by atoms with Gasteiger partial charge in [0.05, 0.1) is 17.8 Å². The topological polar surface area (TPSA) is 32.7 Å². The number of amides is 1. The largest absolute Gasteiger partial charge is 0.330 e. The van der Waals surface area contributed by atoms with Crippen LogP contribution in [0.3, 0.4) is 0 Å². The van der Waals surface area contributed by atoms with Gasteiger partial charge in [-0.2, -0.15) is 0 Å². The molecule has 1 aliphatic rings. The fourth-order valence-electron chi connectivity index (χ4n) is 1.53. The molecule has 82 valence electrons. The van der Waals surface area contributed by atoms with Crippen LogP contribution in [0, 0.1) is 0 Å². The van der Waals surface area contributed by atoms with Crippen molar-refractivity contribution in [1.82, 2.24) is 4.90 Å². The minimum absolute atomic E-state index is 0.0447. The molecular weight excluding hydrogens is 188 g/mol. The number of aliphatic imine (C=N–C) groups is 1. The molecule has 0 saturated carbocycles. The maximum atomic E-state index is 11.9. The monoisotopic (exact) mass is 206 g/mol. The average Bonchev–Trinajstić information content (AvgIpc) is 2.52. The van der Waals surface area contributed by atoms with Crippen LogP contribution in [0.25, 0.3) is 0 Å². The Morgan fingerprint density at radius 2 is 2.27 bits per heavy atom. The Balaban J connectivity index is 2.93. The first-order valence-corrected chi connectivity index (χ1v) is 5.30. The fourth-order valence-corrected chi connectivity index (χ4v) is 1.53. The van der Waals surface area contributed by atoms with Crippen molar-refractivity contribution >= 4 is 12.1 Å². The summed E-state index contributed by atoms with van der Waals surface area (Å²) in [4.78, 5) is 18.0. The zero-order valence-corrected chi connectivity index (χ0v) is 9.66. The first kappa shape index (κ1) is 11.7. The molecule has 3 heteroatoms. The van der Waals surface area contributed by atoms with Crippen molar-refractivity contribution in [2.45, 2.75) is 33.2 Å². The van der Waals surface area contributed by atoms with Gasteiger partial charge in [0, 0.05) is 12.3 Å². The molecule has 0 saturated heterocycles. The molecular formula is C12H18N2O. The molecule has 0 bridgehead atoms. The highest BCUT2D eigenvalue weighted by molar-refractivity contribution is 6.00. The van der Waals surface area contributed by atoms with E-state index in [4.69, 9.17) is 0 Å². The molecule has 1 aliphatic heterocycles. The minimum atomic E-state index is 0.0447. The van der Waals surface area contributed by atoms with Crippen LogP contribution >= 0.6 is 0 Å². The van der Waals surface area contributed by atoms with Gasteiger partial charge in [0.15, 0.2) is 0 Å². The van der Waals surface area contributed by atoms with Crippen LogP contribution in [0.5, 0.6) is 0 Å². The second-order valence-electron chi connectivity index (χ2n) is 3.81. The smallest absolute Gasteiger partial charge is 0.256 e. The summed E-state index contributed by atoms with van der Waals surface area (Å²) in [5.74, 6) is 0.0447. The molecule has 0 fully saturated rings. The first-order chi connectivity index (χ1) is 7.11. The summed E-state index contributed by atoms with van der Waals surface area (Å²) in [5, 5.41) is 0. The molecule has 0 aromatic heterocycles. The molecule has 0 N–H and O–H groups in total. The summed E-state index contributed by atoms with van der Waals surface area (Å²) in [7, 11) is 0. The number of hydrogen-bond donors (Lipinski definition) is 0. The van der Waals surface area contributed by atoms with Gasteiger partial charge in [-0.05, 0) is 20.3 Å². The Morgan fingerprint density at radius 1 is 1.60 bits per heavy atom. The van der Waals surface area contributed by atoms with E-state index in [1.807, 2.05) is 27.0 Å². The van der Waals surface area contributed by atoms with Crippen LogP contribution in [0.2, 0.25) is 0 Å². The predicted molar refractivity (Wildman–Crippen MR) is 62.9 cm³/mol. The lowest BCUT2D eigenvalue weighted by molar-refractivity contribution is -0.126. The van der Waals surface area contributed by atoms with Crippen LogP contribution in [0.4, 0.5) is 0 Å². The fraction of sp³-hybridized carbons (Fsp3) is 0.500. The first-order valence-electron chi connectivity index (χ1n) is 5.30. The Morgan fingerprint density at radius 3 is 2.73 bits per heavy atom. The third-order valence-corrected chi connectivity index (χ3v) is 2.38. The standard InChI is InChI=1S/C12H18N2O/c1-5-7-13-11-8-14(9(3)4)12(15)10(11)6-2/h6-7,9H,2,5,8H2,1,3-4H3/b13-7-. The lowest BCUT2D eigenvalue weighted by Gasteiger charge is -2.20. The number of carbonyl (C=O) groups is 1. The Hall–Kier alpha value is -1.38. The molecule has 15 heavy (non-hydrogen) atoms. The van der Waals surface area contributed by atoms with Crippen LogP contribution < -0.4 is 0 Å². The van der Waals surface area contributed by atoms with E-state index in [1.165, 1.54) is 0 Å². The molecule has 0 aromatic rings. The number of nitrogens with zero attached hydrogens (tertiary/aromatic N) is 2. The summed E-state index contributed by atoms with van der Waals surface area (Å²) in [5.41, 5.74) is 1.49. The van der Waals surface area contributed by atoms with Crippen molar-refractivity contribution in [2.75, 3.05) is 6.54 Å². The lowest BCUT2D eigenvalue weighted by atomic mass is 10.2. The molecule has 3 nitrogen and oxygen atoms in total. The SMILES string of the molecule is C=CC1=C(/N=C\CC)CN(C(C)C)C1=O. The minimum Gasteiger partial charge on any atom is -0.330 e. The van der Waals surface area contributed by atoms with E-state index >= 15 is 0 Å². The van der Waals surface area contributed by atoms with Gasteiger partial charge in [-0.25, -0.2) is 0 Å². The second kappa shape index (κ2) is 4.91. The maximum Gasteiger partial charge on any atom is 0.256 e. The van der Waals surface area contributed by atoms with Crippen molar-refractivity contribution in [1.29, 1.82) is 0 Å². The summed E-state index contributed by atoms with van der Waals surface area (Å²) < 4.78 is 0. The molecule has 0 atom stereocenters. The summed E-state index contributed by atoms with van der Waals surface area (Å²) in [6.45, 7) is 10.3. The number of rotatable bonds is 4. The van der Waals surface area contributed by atoms with E-state index in [0.29, 0.717) is 12.1 Å². The van der Waals surface area contributed by atoms with Gasteiger partial charge in [-0.1, -0.05) is 19.6 Å². The van der Waals surface area contributed by atoms with Gasteiger partial charge in [0.1, 0.15) is 0 Å². The molecule has 0 aromatic carbocycles. The third-order valence-electron chi connectivity index (χ3n) is 2.38. The molecule has 1 heterocycles. The highest BCUT2D eigenvalue weighted by Crippen LogP contribution is 2.22. The van der Waals surface area contributed by atoms with E-state index in [9.17, 15) is 4.79 Å². The van der Waals surface area contributed by atoms with Gasteiger partial charge in [0.2, 0.25) is 0 Å².